The van der Waals surface area contributed by atoms with Gasteiger partial charge in [0, 0.05) is 19.1 Å². The number of anilines is 1. The van der Waals surface area contributed by atoms with Crippen LogP contribution in [-0.2, 0) is 0 Å². The molecule has 0 radical (unpaired) electrons. The summed E-state index contributed by atoms with van der Waals surface area (Å²) in [5.41, 5.74) is 1.63. The first-order valence-corrected chi connectivity index (χ1v) is 6.21. The first kappa shape index (κ1) is 10.5. The fraction of sp³-hybridized carbons (Fsp3) is 0.538. The van der Waals surface area contributed by atoms with Crippen molar-refractivity contribution in [3.05, 3.63) is 24.0 Å². The molecule has 88 valence electrons. The summed E-state index contributed by atoms with van der Waals surface area (Å²) in [6.45, 7) is 3.34. The lowest BCUT2D eigenvalue weighted by atomic mass is 9.94. The van der Waals surface area contributed by atoms with Crippen molar-refractivity contribution in [3.63, 3.8) is 0 Å². The average Bonchev–Trinajstić information content (AvgIpc) is 2.82. The van der Waals surface area contributed by atoms with Gasteiger partial charge in [-0.15, -0.1) is 0 Å². The highest BCUT2D eigenvalue weighted by Crippen LogP contribution is 2.28. The van der Waals surface area contributed by atoms with E-state index in [0.29, 0.717) is 11.7 Å². The smallest absolute Gasteiger partial charge is 0.140 e. The molecule has 17 heavy (non-hydrogen) atoms. The third-order valence-electron chi connectivity index (χ3n) is 3.83. The molecule has 0 unspecified atom stereocenters. The molecule has 0 saturated carbocycles. The molecular formula is C13H16N4. The van der Waals surface area contributed by atoms with E-state index in [1.807, 2.05) is 12.3 Å². The van der Waals surface area contributed by atoms with Gasteiger partial charge in [-0.05, 0) is 37.4 Å². The second-order valence-electron chi connectivity index (χ2n) is 4.88. The lowest BCUT2D eigenvalue weighted by Gasteiger charge is -2.24. The van der Waals surface area contributed by atoms with Crippen LogP contribution in [0.2, 0.25) is 0 Å². The van der Waals surface area contributed by atoms with E-state index in [0.717, 1.165) is 31.2 Å². The Kier molecular flexibility index (Phi) is 2.69. The molecule has 3 rings (SSSR count). The monoisotopic (exact) mass is 228 g/mol. The molecule has 4 heteroatoms. The van der Waals surface area contributed by atoms with Crippen molar-refractivity contribution >= 4 is 5.69 Å². The number of piperidine rings is 1. The Labute approximate surface area is 101 Å². The first-order chi connectivity index (χ1) is 8.36. The zero-order valence-corrected chi connectivity index (χ0v) is 9.76. The molecule has 0 aliphatic carbocycles. The summed E-state index contributed by atoms with van der Waals surface area (Å²) in [7, 11) is 0. The van der Waals surface area contributed by atoms with E-state index in [2.05, 4.69) is 21.3 Å². The molecule has 2 saturated heterocycles. The highest BCUT2D eigenvalue weighted by Gasteiger charge is 2.34. The minimum absolute atomic E-state index is 0.489. The summed E-state index contributed by atoms with van der Waals surface area (Å²) in [4.78, 5) is 6.51. The Bertz CT molecular complexity index is 420. The van der Waals surface area contributed by atoms with Crippen LogP contribution in [0.15, 0.2) is 18.3 Å². The van der Waals surface area contributed by atoms with Crippen molar-refractivity contribution in [1.82, 2.24) is 10.3 Å². The molecule has 1 aromatic rings. The quantitative estimate of drug-likeness (QED) is 0.783. The van der Waals surface area contributed by atoms with Crippen LogP contribution in [0.3, 0.4) is 0 Å². The maximum Gasteiger partial charge on any atom is 0.140 e. The van der Waals surface area contributed by atoms with E-state index < -0.39 is 0 Å². The van der Waals surface area contributed by atoms with Crippen molar-refractivity contribution in [2.75, 3.05) is 24.5 Å². The standard InChI is InChI=1S/C13H16N4/c14-6-11-3-4-12(7-16-11)17-8-10-2-1-5-15-13(10)9-17/h3-4,7,10,13,15H,1-2,5,8-9H2/t10-,13+/m0/s1. The van der Waals surface area contributed by atoms with Crippen LogP contribution >= 0.6 is 0 Å². The summed E-state index contributed by atoms with van der Waals surface area (Å²) < 4.78 is 0. The average molecular weight is 228 g/mol. The molecular weight excluding hydrogens is 212 g/mol. The number of nitrogens with one attached hydrogen (secondary N) is 1. The van der Waals surface area contributed by atoms with E-state index in [9.17, 15) is 0 Å². The molecule has 4 nitrogen and oxygen atoms in total. The number of nitriles is 1. The molecule has 1 N–H and O–H groups in total. The van der Waals surface area contributed by atoms with E-state index in [1.54, 1.807) is 6.07 Å². The molecule has 0 spiro atoms. The van der Waals surface area contributed by atoms with E-state index in [-0.39, 0.29) is 0 Å². The molecule has 2 aliphatic rings. The van der Waals surface area contributed by atoms with Gasteiger partial charge in [0.25, 0.3) is 0 Å². The summed E-state index contributed by atoms with van der Waals surface area (Å²) in [5, 5.41) is 12.3. The molecule has 1 aromatic heterocycles. The van der Waals surface area contributed by atoms with Crippen molar-refractivity contribution in [1.29, 1.82) is 5.26 Å². The van der Waals surface area contributed by atoms with Crippen LogP contribution in [0.25, 0.3) is 0 Å². The number of hydrogen-bond acceptors (Lipinski definition) is 4. The van der Waals surface area contributed by atoms with Gasteiger partial charge < -0.3 is 10.2 Å². The zero-order valence-electron chi connectivity index (χ0n) is 9.76. The molecule has 0 aromatic carbocycles. The van der Waals surface area contributed by atoms with Gasteiger partial charge in [0.05, 0.1) is 11.9 Å². The van der Waals surface area contributed by atoms with Gasteiger partial charge in [0.15, 0.2) is 0 Å². The Morgan fingerprint density at radius 3 is 3.06 bits per heavy atom. The van der Waals surface area contributed by atoms with Crippen LogP contribution in [0.4, 0.5) is 5.69 Å². The van der Waals surface area contributed by atoms with Gasteiger partial charge in [-0.1, -0.05) is 0 Å². The number of aromatic nitrogens is 1. The largest absolute Gasteiger partial charge is 0.368 e. The number of nitrogens with zero attached hydrogens (tertiary/aromatic N) is 3. The first-order valence-electron chi connectivity index (χ1n) is 6.21. The van der Waals surface area contributed by atoms with Gasteiger partial charge in [0.1, 0.15) is 11.8 Å². The number of rotatable bonds is 1. The topological polar surface area (TPSA) is 52.0 Å². The lowest BCUT2D eigenvalue weighted by molar-refractivity contribution is 0.340. The zero-order chi connectivity index (χ0) is 11.7. The van der Waals surface area contributed by atoms with E-state index >= 15 is 0 Å². The minimum atomic E-state index is 0.489. The highest BCUT2D eigenvalue weighted by molar-refractivity contribution is 5.47. The van der Waals surface area contributed by atoms with E-state index in [1.165, 1.54) is 12.8 Å². The van der Waals surface area contributed by atoms with Crippen LogP contribution in [0.1, 0.15) is 18.5 Å². The SMILES string of the molecule is N#Cc1ccc(N2C[C@@H]3CCCN[C@@H]3C2)cn1. The molecule has 2 fully saturated rings. The van der Waals surface area contributed by atoms with Gasteiger partial charge in [-0.3, -0.25) is 0 Å². The highest BCUT2D eigenvalue weighted by atomic mass is 15.2. The second kappa shape index (κ2) is 4.34. The molecule has 0 amide bonds. The van der Waals surface area contributed by atoms with Gasteiger partial charge in [-0.2, -0.15) is 5.26 Å². The maximum absolute atomic E-state index is 8.73. The Balaban J connectivity index is 1.74. The van der Waals surface area contributed by atoms with Crippen molar-refractivity contribution in [2.24, 2.45) is 5.92 Å². The van der Waals surface area contributed by atoms with Gasteiger partial charge in [0.2, 0.25) is 0 Å². The number of hydrogen-bond donors (Lipinski definition) is 1. The maximum atomic E-state index is 8.73. The Hall–Kier alpha value is -1.60. The fourth-order valence-electron chi connectivity index (χ4n) is 2.90. The molecule has 2 aliphatic heterocycles. The number of fused-ring (bicyclic) bond motifs is 1. The second-order valence-corrected chi connectivity index (χ2v) is 4.88. The number of pyridine rings is 1. The molecule has 0 bridgehead atoms. The van der Waals surface area contributed by atoms with Crippen LogP contribution < -0.4 is 10.2 Å². The predicted molar refractivity (Wildman–Crippen MR) is 65.7 cm³/mol. The van der Waals surface area contributed by atoms with Crippen molar-refractivity contribution in [2.45, 2.75) is 18.9 Å². The molecule has 2 atom stereocenters. The Morgan fingerprint density at radius 1 is 1.41 bits per heavy atom. The van der Waals surface area contributed by atoms with Crippen molar-refractivity contribution < 1.29 is 0 Å². The predicted octanol–water partition coefficient (Wildman–Crippen LogP) is 1.14. The van der Waals surface area contributed by atoms with Gasteiger partial charge in [-0.25, -0.2) is 4.98 Å². The van der Waals surface area contributed by atoms with Crippen LogP contribution in [0, 0.1) is 17.2 Å². The summed E-state index contributed by atoms with van der Waals surface area (Å²) >= 11 is 0. The third-order valence-corrected chi connectivity index (χ3v) is 3.83. The summed E-state index contributed by atoms with van der Waals surface area (Å²) in [5.74, 6) is 0.777. The van der Waals surface area contributed by atoms with Crippen LogP contribution in [0.5, 0.6) is 0 Å². The minimum Gasteiger partial charge on any atom is -0.368 e. The van der Waals surface area contributed by atoms with Crippen LogP contribution in [-0.4, -0.2) is 30.7 Å². The van der Waals surface area contributed by atoms with Gasteiger partial charge >= 0.3 is 0 Å². The molecule has 3 heterocycles. The Morgan fingerprint density at radius 2 is 2.35 bits per heavy atom. The summed E-state index contributed by atoms with van der Waals surface area (Å²) in [6.07, 6.45) is 4.44. The lowest BCUT2D eigenvalue weighted by Crippen LogP contribution is -2.40. The normalized spacial score (nSPS) is 27.6. The summed E-state index contributed by atoms with van der Waals surface area (Å²) in [6, 6.07) is 6.49. The van der Waals surface area contributed by atoms with E-state index in [4.69, 9.17) is 5.26 Å². The van der Waals surface area contributed by atoms with Crippen molar-refractivity contribution in [3.8, 4) is 6.07 Å². The third kappa shape index (κ3) is 1.98. The fourth-order valence-corrected chi connectivity index (χ4v) is 2.90.